The molecule has 0 spiro atoms. The van der Waals surface area contributed by atoms with Crippen LogP contribution in [0, 0.1) is 0 Å². The molecule has 1 rings (SSSR count). The number of hydrogen-bond donors (Lipinski definition) is 2. The van der Waals surface area contributed by atoms with Gasteiger partial charge in [0.15, 0.2) is 5.11 Å². The minimum atomic E-state index is 0.238. The molecule has 0 aliphatic heterocycles. The summed E-state index contributed by atoms with van der Waals surface area (Å²) in [4.78, 5) is 4.31. The van der Waals surface area contributed by atoms with Gasteiger partial charge >= 0.3 is 0 Å². The third-order valence-corrected chi connectivity index (χ3v) is 3.43. The number of nitrogens with one attached hydrogen (secondary N) is 2. The molecule has 1 aromatic heterocycles. The van der Waals surface area contributed by atoms with Crippen molar-refractivity contribution in [3.05, 3.63) is 16.6 Å². The highest BCUT2D eigenvalue weighted by Crippen LogP contribution is 2.18. The van der Waals surface area contributed by atoms with E-state index < -0.39 is 0 Å². The lowest BCUT2D eigenvalue weighted by atomic mass is 10.2. The molecule has 0 bridgehead atoms. The Morgan fingerprint density at radius 3 is 2.94 bits per heavy atom. The molecule has 0 amide bonds. The average molecular weight is 257 g/mol. The highest BCUT2D eigenvalue weighted by Gasteiger charge is 2.12. The highest BCUT2D eigenvalue weighted by atomic mass is 32.1. The molecule has 16 heavy (non-hydrogen) atoms. The second kappa shape index (κ2) is 7.57. The van der Waals surface area contributed by atoms with E-state index in [0.29, 0.717) is 0 Å². The summed E-state index contributed by atoms with van der Waals surface area (Å²) >= 11 is 6.90. The van der Waals surface area contributed by atoms with Crippen LogP contribution in [-0.2, 0) is 0 Å². The van der Waals surface area contributed by atoms with E-state index >= 15 is 0 Å². The lowest BCUT2D eigenvalue weighted by Crippen LogP contribution is -2.37. The molecular formula is C11H19N3S2. The number of unbranched alkanes of at least 4 members (excludes halogenated alkanes) is 1. The monoisotopic (exact) mass is 257 g/mol. The number of nitrogens with zero attached hydrogens (tertiary/aromatic N) is 1. The first-order valence-corrected chi connectivity index (χ1v) is 7.00. The summed E-state index contributed by atoms with van der Waals surface area (Å²) in [5.41, 5.74) is 0. The van der Waals surface area contributed by atoms with Gasteiger partial charge in [-0.05, 0) is 25.1 Å². The van der Waals surface area contributed by atoms with Crippen molar-refractivity contribution >= 4 is 28.7 Å². The molecule has 0 saturated carbocycles. The van der Waals surface area contributed by atoms with E-state index in [4.69, 9.17) is 12.2 Å². The first-order valence-electron chi connectivity index (χ1n) is 5.71. The third kappa shape index (κ3) is 4.45. The van der Waals surface area contributed by atoms with Gasteiger partial charge in [-0.25, -0.2) is 4.98 Å². The second-order valence-corrected chi connectivity index (χ2v) is 4.92. The fourth-order valence-electron chi connectivity index (χ4n) is 1.33. The fraction of sp³-hybridized carbons (Fsp3) is 0.636. The molecule has 1 unspecified atom stereocenters. The molecule has 2 N–H and O–H groups in total. The SMILES string of the molecule is CCCCNC(=S)NC(CC)c1nccs1. The minimum Gasteiger partial charge on any atom is -0.363 e. The highest BCUT2D eigenvalue weighted by molar-refractivity contribution is 7.80. The molecule has 0 aliphatic carbocycles. The van der Waals surface area contributed by atoms with Gasteiger partial charge in [-0.2, -0.15) is 0 Å². The summed E-state index contributed by atoms with van der Waals surface area (Å²) < 4.78 is 0. The zero-order valence-electron chi connectivity index (χ0n) is 9.82. The number of thiazole rings is 1. The molecule has 90 valence electrons. The van der Waals surface area contributed by atoms with Crippen molar-refractivity contribution in [2.75, 3.05) is 6.54 Å². The van der Waals surface area contributed by atoms with Crippen molar-refractivity contribution in [1.82, 2.24) is 15.6 Å². The Kier molecular flexibility index (Phi) is 6.33. The van der Waals surface area contributed by atoms with E-state index in [1.54, 1.807) is 11.3 Å². The van der Waals surface area contributed by atoms with Crippen LogP contribution < -0.4 is 10.6 Å². The minimum absolute atomic E-state index is 0.238. The van der Waals surface area contributed by atoms with Gasteiger partial charge in [0, 0.05) is 18.1 Å². The maximum Gasteiger partial charge on any atom is 0.166 e. The summed E-state index contributed by atoms with van der Waals surface area (Å²) in [6.07, 6.45) is 5.15. The van der Waals surface area contributed by atoms with Gasteiger partial charge in [-0.3, -0.25) is 0 Å². The zero-order chi connectivity index (χ0) is 11.8. The summed E-state index contributed by atoms with van der Waals surface area (Å²) in [5, 5.41) is 10.3. The predicted molar refractivity (Wildman–Crippen MR) is 73.8 cm³/mol. The van der Waals surface area contributed by atoms with Crippen LogP contribution in [0.15, 0.2) is 11.6 Å². The lowest BCUT2D eigenvalue weighted by molar-refractivity contribution is 0.609. The van der Waals surface area contributed by atoms with Gasteiger partial charge < -0.3 is 10.6 Å². The summed E-state index contributed by atoms with van der Waals surface area (Å²) in [6, 6.07) is 0.238. The lowest BCUT2D eigenvalue weighted by Gasteiger charge is -2.17. The third-order valence-electron chi connectivity index (χ3n) is 2.28. The van der Waals surface area contributed by atoms with Crippen LogP contribution in [0.1, 0.15) is 44.2 Å². The van der Waals surface area contributed by atoms with E-state index in [1.807, 2.05) is 11.6 Å². The maximum atomic E-state index is 5.24. The van der Waals surface area contributed by atoms with Crippen LogP contribution in [0.3, 0.4) is 0 Å². The van der Waals surface area contributed by atoms with Crippen LogP contribution in [-0.4, -0.2) is 16.6 Å². The Balaban J connectivity index is 2.36. The van der Waals surface area contributed by atoms with Crippen molar-refractivity contribution < 1.29 is 0 Å². The predicted octanol–water partition coefficient (Wildman–Crippen LogP) is 2.86. The topological polar surface area (TPSA) is 37.0 Å². The van der Waals surface area contributed by atoms with Gasteiger partial charge in [0.2, 0.25) is 0 Å². The Labute approximate surface area is 107 Å². The summed E-state index contributed by atoms with van der Waals surface area (Å²) in [7, 11) is 0. The summed E-state index contributed by atoms with van der Waals surface area (Å²) in [6.45, 7) is 5.24. The summed E-state index contributed by atoms with van der Waals surface area (Å²) in [5.74, 6) is 0. The molecule has 5 heteroatoms. The smallest absolute Gasteiger partial charge is 0.166 e. The van der Waals surface area contributed by atoms with Crippen molar-refractivity contribution in [3.63, 3.8) is 0 Å². The van der Waals surface area contributed by atoms with Crippen LogP contribution >= 0.6 is 23.6 Å². The van der Waals surface area contributed by atoms with E-state index in [2.05, 4.69) is 29.5 Å². The van der Waals surface area contributed by atoms with Crippen molar-refractivity contribution in [1.29, 1.82) is 0 Å². The molecule has 0 fully saturated rings. The molecule has 0 saturated heterocycles. The molecule has 1 heterocycles. The Bertz CT molecular complexity index is 298. The molecule has 1 aromatic rings. The van der Waals surface area contributed by atoms with Crippen LogP contribution in [0.25, 0.3) is 0 Å². The van der Waals surface area contributed by atoms with Crippen LogP contribution in [0.5, 0.6) is 0 Å². The maximum absolute atomic E-state index is 5.24. The fourth-order valence-corrected chi connectivity index (χ4v) is 2.35. The molecular weight excluding hydrogens is 238 g/mol. The van der Waals surface area contributed by atoms with Gasteiger partial charge in [-0.1, -0.05) is 20.3 Å². The van der Waals surface area contributed by atoms with E-state index in [-0.39, 0.29) is 6.04 Å². The van der Waals surface area contributed by atoms with Crippen molar-refractivity contribution in [3.8, 4) is 0 Å². The van der Waals surface area contributed by atoms with E-state index in [1.165, 1.54) is 6.42 Å². The van der Waals surface area contributed by atoms with Gasteiger partial charge in [0.25, 0.3) is 0 Å². The standard InChI is InChI=1S/C11H19N3S2/c1-3-5-6-13-11(15)14-9(4-2)10-12-7-8-16-10/h7-9H,3-6H2,1-2H3,(H2,13,14,15). The van der Waals surface area contributed by atoms with Gasteiger partial charge in [0.1, 0.15) is 5.01 Å². The molecule has 1 atom stereocenters. The van der Waals surface area contributed by atoms with Crippen LogP contribution in [0.4, 0.5) is 0 Å². The molecule has 0 aliphatic rings. The van der Waals surface area contributed by atoms with E-state index in [0.717, 1.165) is 29.5 Å². The number of hydrogen-bond acceptors (Lipinski definition) is 3. The number of thiocarbonyl (C=S) groups is 1. The quantitative estimate of drug-likeness (QED) is 0.607. The largest absolute Gasteiger partial charge is 0.363 e. The Hall–Kier alpha value is -0.680. The second-order valence-electron chi connectivity index (χ2n) is 3.58. The zero-order valence-corrected chi connectivity index (χ0v) is 11.5. The average Bonchev–Trinajstić information content (AvgIpc) is 2.79. The first kappa shape index (κ1) is 13.4. The van der Waals surface area contributed by atoms with Crippen molar-refractivity contribution in [2.24, 2.45) is 0 Å². The molecule has 3 nitrogen and oxygen atoms in total. The Morgan fingerprint density at radius 2 is 2.38 bits per heavy atom. The molecule has 0 radical (unpaired) electrons. The van der Waals surface area contributed by atoms with E-state index in [9.17, 15) is 0 Å². The first-order chi connectivity index (χ1) is 7.77. The van der Waals surface area contributed by atoms with Gasteiger partial charge in [0.05, 0.1) is 6.04 Å². The Morgan fingerprint density at radius 1 is 1.56 bits per heavy atom. The van der Waals surface area contributed by atoms with Gasteiger partial charge in [-0.15, -0.1) is 11.3 Å². The number of rotatable bonds is 6. The normalized spacial score (nSPS) is 12.1. The number of aromatic nitrogens is 1. The molecule has 0 aromatic carbocycles. The van der Waals surface area contributed by atoms with Crippen LogP contribution in [0.2, 0.25) is 0 Å². The van der Waals surface area contributed by atoms with Crippen molar-refractivity contribution in [2.45, 2.75) is 39.2 Å².